The largest absolute Gasteiger partial charge is 0.462 e. The molecule has 4 heteroatoms. The van der Waals surface area contributed by atoms with Crippen molar-refractivity contribution in [3.8, 4) is 0 Å². The first-order valence-corrected chi connectivity index (χ1v) is 9.13. The zero-order chi connectivity index (χ0) is 17.1. The van der Waals surface area contributed by atoms with Gasteiger partial charge in [0.05, 0.1) is 12.7 Å². The van der Waals surface area contributed by atoms with Gasteiger partial charge in [0.2, 0.25) is 0 Å². The third-order valence-electron chi connectivity index (χ3n) is 5.42. The van der Waals surface area contributed by atoms with Gasteiger partial charge in [-0.15, -0.1) is 0 Å². The summed E-state index contributed by atoms with van der Waals surface area (Å²) in [6.07, 6.45) is 4.54. The molecule has 3 atom stereocenters. The Morgan fingerprint density at radius 2 is 1.79 bits per heavy atom. The number of benzene rings is 1. The summed E-state index contributed by atoms with van der Waals surface area (Å²) >= 11 is 0. The predicted octanol–water partition coefficient (Wildman–Crippen LogP) is 3.36. The lowest BCUT2D eigenvalue weighted by molar-refractivity contribution is -0.156. The van der Waals surface area contributed by atoms with Crippen LogP contribution in [0.5, 0.6) is 0 Å². The fourth-order valence-electron chi connectivity index (χ4n) is 3.98. The molecule has 0 amide bonds. The summed E-state index contributed by atoms with van der Waals surface area (Å²) in [5.41, 5.74) is 0.971. The molecule has 1 aromatic carbocycles. The molecule has 2 bridgehead atoms. The lowest BCUT2D eigenvalue weighted by Gasteiger charge is -2.36. The van der Waals surface area contributed by atoms with Crippen LogP contribution in [0.4, 0.5) is 0 Å². The molecule has 2 aliphatic rings. The maximum absolute atomic E-state index is 12.8. The molecule has 2 heterocycles. The van der Waals surface area contributed by atoms with E-state index in [0.29, 0.717) is 18.7 Å². The average Bonchev–Trinajstić information content (AvgIpc) is 2.77. The molecule has 2 fully saturated rings. The fraction of sp³-hybridized carbons (Fsp3) is 0.650. The maximum atomic E-state index is 12.8. The molecule has 0 N–H and O–H groups in total. The second-order valence-corrected chi connectivity index (χ2v) is 7.43. The van der Waals surface area contributed by atoms with Crippen LogP contribution in [0.25, 0.3) is 0 Å². The molecule has 0 radical (unpaired) electrons. The summed E-state index contributed by atoms with van der Waals surface area (Å²) in [4.78, 5) is 15.3. The van der Waals surface area contributed by atoms with E-state index in [9.17, 15) is 4.79 Å². The molecule has 132 valence electrons. The second-order valence-electron chi connectivity index (χ2n) is 7.43. The van der Waals surface area contributed by atoms with Gasteiger partial charge >= 0.3 is 5.97 Å². The molecule has 0 saturated carbocycles. The van der Waals surface area contributed by atoms with Crippen LogP contribution in [0.15, 0.2) is 30.3 Å². The number of hydrogen-bond donors (Lipinski definition) is 0. The Balaban J connectivity index is 1.65. The van der Waals surface area contributed by atoms with Gasteiger partial charge in [-0.1, -0.05) is 30.3 Å². The molecule has 2 aliphatic heterocycles. The normalized spacial score (nSPS) is 28.1. The minimum atomic E-state index is -0.342. The molecular formula is C20H29NO3. The smallest absolute Gasteiger partial charge is 0.316 e. The molecular weight excluding hydrogens is 302 g/mol. The Morgan fingerprint density at radius 1 is 1.17 bits per heavy atom. The molecule has 4 nitrogen and oxygen atoms in total. The molecule has 3 unspecified atom stereocenters. The van der Waals surface area contributed by atoms with Gasteiger partial charge in [-0.3, -0.25) is 4.79 Å². The highest BCUT2D eigenvalue weighted by Gasteiger charge is 2.40. The average molecular weight is 331 g/mol. The Bertz CT molecular complexity index is 531. The Morgan fingerprint density at radius 3 is 2.38 bits per heavy atom. The zero-order valence-electron chi connectivity index (χ0n) is 15.0. The van der Waals surface area contributed by atoms with Gasteiger partial charge in [0.15, 0.2) is 0 Å². The van der Waals surface area contributed by atoms with Crippen LogP contribution in [0.1, 0.15) is 51.0 Å². The quantitative estimate of drug-likeness (QED) is 0.749. The predicted molar refractivity (Wildman–Crippen MR) is 94.0 cm³/mol. The van der Waals surface area contributed by atoms with Gasteiger partial charge in [0.1, 0.15) is 12.0 Å². The molecule has 0 aromatic heterocycles. The van der Waals surface area contributed by atoms with E-state index in [-0.39, 0.29) is 24.1 Å². The van der Waals surface area contributed by atoms with Gasteiger partial charge in [-0.2, -0.15) is 0 Å². The number of esters is 1. The van der Waals surface area contributed by atoms with Gasteiger partial charge in [0, 0.05) is 12.1 Å². The highest BCUT2D eigenvalue weighted by molar-refractivity contribution is 5.78. The van der Waals surface area contributed by atoms with Gasteiger partial charge in [-0.05, 0) is 52.1 Å². The monoisotopic (exact) mass is 331 g/mol. The number of ether oxygens (including phenoxy) is 2. The van der Waals surface area contributed by atoms with E-state index < -0.39 is 0 Å². The summed E-state index contributed by atoms with van der Waals surface area (Å²) in [5.74, 6) is -0.485. The van der Waals surface area contributed by atoms with Crippen LogP contribution in [0.3, 0.4) is 0 Å². The first-order valence-electron chi connectivity index (χ1n) is 9.13. The minimum absolute atomic E-state index is 0.0523. The van der Waals surface area contributed by atoms with Crippen molar-refractivity contribution in [2.24, 2.45) is 0 Å². The second kappa shape index (κ2) is 7.66. The van der Waals surface area contributed by atoms with E-state index in [1.165, 1.54) is 12.8 Å². The number of nitrogens with zero attached hydrogens (tertiary/aromatic N) is 1. The third kappa shape index (κ3) is 3.98. The number of carbonyl (C=O) groups is 1. The molecule has 24 heavy (non-hydrogen) atoms. The first-order chi connectivity index (χ1) is 11.5. The molecule has 1 aromatic rings. The molecule has 0 aliphatic carbocycles. The SMILES string of the molecule is CC(C)OCC(C(=O)OC1CC2CCC(C1)N2C)c1ccccc1. The van der Waals surface area contributed by atoms with Crippen LogP contribution in [-0.4, -0.2) is 48.8 Å². The van der Waals surface area contributed by atoms with E-state index in [2.05, 4.69) is 11.9 Å². The Hall–Kier alpha value is -1.39. The van der Waals surface area contributed by atoms with Crippen molar-refractivity contribution in [2.75, 3.05) is 13.7 Å². The van der Waals surface area contributed by atoms with Gasteiger partial charge in [-0.25, -0.2) is 0 Å². The number of hydrogen-bond acceptors (Lipinski definition) is 4. The van der Waals surface area contributed by atoms with Crippen LogP contribution in [-0.2, 0) is 14.3 Å². The summed E-state index contributed by atoms with van der Waals surface area (Å²) in [5, 5.41) is 0. The van der Waals surface area contributed by atoms with Crippen molar-refractivity contribution >= 4 is 5.97 Å². The summed E-state index contributed by atoms with van der Waals surface area (Å²) < 4.78 is 11.7. The standard InChI is InChI=1S/C20H29NO3/c1-14(2)23-13-19(15-7-5-4-6-8-15)20(22)24-18-11-16-9-10-17(12-18)21(16)3/h4-8,14,16-19H,9-13H2,1-3H3. The van der Waals surface area contributed by atoms with Gasteiger partial charge < -0.3 is 14.4 Å². The third-order valence-corrected chi connectivity index (χ3v) is 5.42. The van der Waals surface area contributed by atoms with Crippen LogP contribution in [0.2, 0.25) is 0 Å². The highest BCUT2D eigenvalue weighted by Crippen LogP contribution is 2.36. The fourth-order valence-corrected chi connectivity index (χ4v) is 3.98. The van der Waals surface area contributed by atoms with Crippen molar-refractivity contribution < 1.29 is 14.3 Å². The van der Waals surface area contributed by atoms with Crippen LogP contribution >= 0.6 is 0 Å². The summed E-state index contributed by atoms with van der Waals surface area (Å²) in [6, 6.07) is 11.0. The van der Waals surface area contributed by atoms with Crippen molar-refractivity contribution in [1.82, 2.24) is 4.90 Å². The maximum Gasteiger partial charge on any atom is 0.316 e. The topological polar surface area (TPSA) is 38.8 Å². The van der Waals surface area contributed by atoms with Crippen molar-refractivity contribution in [3.05, 3.63) is 35.9 Å². The molecule has 2 saturated heterocycles. The van der Waals surface area contributed by atoms with Crippen LogP contribution < -0.4 is 0 Å². The van der Waals surface area contributed by atoms with E-state index in [1.807, 2.05) is 44.2 Å². The van der Waals surface area contributed by atoms with Gasteiger partial charge in [0.25, 0.3) is 0 Å². The minimum Gasteiger partial charge on any atom is -0.462 e. The van der Waals surface area contributed by atoms with E-state index in [4.69, 9.17) is 9.47 Å². The van der Waals surface area contributed by atoms with Crippen molar-refractivity contribution in [3.63, 3.8) is 0 Å². The van der Waals surface area contributed by atoms with Crippen LogP contribution in [0, 0.1) is 0 Å². The number of fused-ring (bicyclic) bond motifs is 2. The van der Waals surface area contributed by atoms with Crippen molar-refractivity contribution in [1.29, 1.82) is 0 Å². The molecule has 0 spiro atoms. The first kappa shape index (κ1) is 17.4. The Kier molecular flexibility index (Phi) is 5.57. The summed E-state index contributed by atoms with van der Waals surface area (Å²) in [7, 11) is 2.20. The lowest BCUT2D eigenvalue weighted by Crippen LogP contribution is -2.44. The summed E-state index contributed by atoms with van der Waals surface area (Å²) in [6.45, 7) is 4.35. The van der Waals surface area contributed by atoms with E-state index in [1.54, 1.807) is 0 Å². The molecule has 3 rings (SSSR count). The lowest BCUT2D eigenvalue weighted by atomic mass is 9.98. The zero-order valence-corrected chi connectivity index (χ0v) is 15.0. The van der Waals surface area contributed by atoms with Crippen molar-refractivity contribution in [2.45, 2.75) is 69.7 Å². The Labute approximate surface area is 145 Å². The van der Waals surface area contributed by atoms with E-state index in [0.717, 1.165) is 18.4 Å². The number of piperidine rings is 1. The highest BCUT2D eigenvalue weighted by atomic mass is 16.5. The number of rotatable bonds is 6. The number of carbonyl (C=O) groups excluding carboxylic acids is 1. The van der Waals surface area contributed by atoms with E-state index >= 15 is 0 Å².